The largest absolute Gasteiger partial charge is 0.469 e. The van der Waals surface area contributed by atoms with Gasteiger partial charge in [-0.25, -0.2) is 4.79 Å². The highest BCUT2D eigenvalue weighted by Crippen LogP contribution is 2.45. The Labute approximate surface area is 663 Å². The first kappa shape index (κ1) is 87.1. The molecule has 9 rings (SSSR count). The molecule has 0 radical (unpaired) electrons. The highest BCUT2D eigenvalue weighted by atomic mass is 16.6. The third kappa shape index (κ3) is 23.1. The predicted molar refractivity (Wildman–Crippen MR) is 418 cm³/mol. The molecule has 1 aliphatic rings. The summed E-state index contributed by atoms with van der Waals surface area (Å²) in [6.45, 7) is 1.16. The van der Waals surface area contributed by atoms with Crippen molar-refractivity contribution in [3.63, 3.8) is 0 Å². The van der Waals surface area contributed by atoms with Crippen molar-refractivity contribution in [2.24, 2.45) is 5.73 Å². The van der Waals surface area contributed by atoms with Gasteiger partial charge in [-0.05, 0) is 69.5 Å². The lowest BCUT2D eigenvalue weighted by Crippen LogP contribution is -2.60. The Bertz CT molecular complexity index is 4440. The van der Waals surface area contributed by atoms with Crippen LogP contribution < -0.4 is 53.6 Å². The van der Waals surface area contributed by atoms with Gasteiger partial charge in [0.05, 0.1) is 72.4 Å². The van der Waals surface area contributed by atoms with E-state index in [9.17, 15) is 72.5 Å². The smallest absolute Gasteiger partial charge is 0.407 e. The molecule has 9 amide bonds. The van der Waals surface area contributed by atoms with Crippen LogP contribution in [0.3, 0.4) is 0 Å². The van der Waals surface area contributed by atoms with Crippen molar-refractivity contribution >= 4 is 77.2 Å². The van der Waals surface area contributed by atoms with E-state index in [1.807, 2.05) is 231 Å². The van der Waals surface area contributed by atoms with Gasteiger partial charge in [0.15, 0.2) is 0 Å². The number of esters is 4. The van der Waals surface area contributed by atoms with Gasteiger partial charge in [0, 0.05) is 5.92 Å². The molecule has 13 N–H and O–H groups in total. The Kier molecular flexibility index (Phi) is 32.0. The monoisotopic (exact) mass is 1570 g/mol. The molecule has 30 heteroatoms. The summed E-state index contributed by atoms with van der Waals surface area (Å²) in [6, 6.07) is 61.1. The zero-order chi connectivity index (χ0) is 83.2. The molecule has 0 aromatic heterocycles. The van der Waals surface area contributed by atoms with Crippen LogP contribution in [0.2, 0.25) is 0 Å². The van der Waals surface area contributed by atoms with Crippen molar-refractivity contribution in [1.29, 1.82) is 0 Å². The zero-order valence-electron chi connectivity index (χ0n) is 63.9. The summed E-state index contributed by atoms with van der Waals surface area (Å²) in [6.07, 6.45) is -6.68. The van der Waals surface area contributed by atoms with Crippen molar-refractivity contribution in [3.8, 4) is 11.1 Å². The maximum absolute atomic E-state index is 14.6. The third-order valence-corrected chi connectivity index (χ3v) is 18.8. The van der Waals surface area contributed by atoms with E-state index in [2.05, 4.69) is 62.1 Å². The number of aliphatic hydroxyl groups excluding tert-OH is 2. The second kappa shape index (κ2) is 42.3. The van der Waals surface area contributed by atoms with E-state index in [0.717, 1.165) is 67.4 Å². The molecule has 0 spiro atoms. The second-order valence-electron chi connectivity index (χ2n) is 26.6. The molecule has 8 atom stereocenters. The van der Waals surface area contributed by atoms with Crippen molar-refractivity contribution < 1.29 is 96.2 Å². The number of fused-ring (bicyclic) bond motifs is 3. The molecule has 30 nitrogen and oxygen atoms in total. The first-order chi connectivity index (χ1) is 55.3. The van der Waals surface area contributed by atoms with E-state index >= 15 is 0 Å². The van der Waals surface area contributed by atoms with Gasteiger partial charge in [0.1, 0.15) is 61.0 Å². The number of aliphatic hydroxyl groups is 2. The summed E-state index contributed by atoms with van der Waals surface area (Å²) >= 11 is 0. The minimum Gasteiger partial charge on any atom is -0.469 e. The number of nitrogens with two attached hydrogens (primary N) is 1. The molecule has 0 saturated carbocycles. The highest BCUT2D eigenvalue weighted by Gasteiger charge is 2.43. The van der Waals surface area contributed by atoms with Gasteiger partial charge < -0.3 is 87.5 Å². The van der Waals surface area contributed by atoms with Gasteiger partial charge in [-0.3, -0.25) is 57.5 Å². The Balaban J connectivity index is 0.000000301. The van der Waals surface area contributed by atoms with Crippen LogP contribution in [0.4, 0.5) is 4.79 Å². The van der Waals surface area contributed by atoms with E-state index in [0.29, 0.717) is 16.7 Å². The van der Waals surface area contributed by atoms with Crippen LogP contribution in [0.15, 0.2) is 231 Å². The fourth-order valence-electron chi connectivity index (χ4n) is 13.0. The number of methoxy groups -OCH3 is 4. The van der Waals surface area contributed by atoms with Gasteiger partial charge >= 0.3 is 30.0 Å². The lowest BCUT2D eigenvalue weighted by atomic mass is 9.77. The number of amides is 9. The summed E-state index contributed by atoms with van der Waals surface area (Å²) < 4.78 is 24.2. The Morgan fingerprint density at radius 3 is 0.965 bits per heavy atom. The molecule has 602 valence electrons. The number of carbonyl (C=O) groups excluding carboxylic acids is 13. The van der Waals surface area contributed by atoms with Crippen molar-refractivity contribution in [1.82, 2.24) is 47.9 Å². The minimum atomic E-state index is -1.77. The molecule has 0 saturated heterocycles. The molecule has 8 aromatic carbocycles. The average Bonchev–Trinajstić information content (AvgIpc) is 1.28. The Morgan fingerprint density at radius 2 is 0.643 bits per heavy atom. The van der Waals surface area contributed by atoms with Crippen molar-refractivity contribution in [3.05, 3.63) is 275 Å². The molecule has 115 heavy (non-hydrogen) atoms. The Hall–Kier alpha value is -13.5. The lowest BCUT2D eigenvalue weighted by Gasteiger charge is -2.37. The predicted octanol–water partition coefficient (Wildman–Crippen LogP) is 3.61. The van der Waals surface area contributed by atoms with Gasteiger partial charge in [-0.1, -0.05) is 231 Å². The van der Waals surface area contributed by atoms with Crippen LogP contribution in [-0.2, 0) is 92.3 Å². The summed E-state index contributed by atoms with van der Waals surface area (Å²) in [5, 5.41) is 43.1. The van der Waals surface area contributed by atoms with Crippen LogP contribution in [0.5, 0.6) is 0 Å². The van der Waals surface area contributed by atoms with E-state index in [4.69, 9.17) is 15.2 Å². The fraction of sp³-hybridized carbons (Fsp3) is 0.282. The van der Waals surface area contributed by atoms with Gasteiger partial charge in [0.25, 0.3) is 0 Å². The van der Waals surface area contributed by atoms with Crippen LogP contribution in [0.25, 0.3) is 11.1 Å². The number of alkyl carbamates (subject to hydrolysis) is 1. The molecular formula is C85H92N10O20. The number of carbonyl (C=O) groups is 13. The van der Waals surface area contributed by atoms with Crippen LogP contribution in [0, 0.1) is 0 Å². The number of hydrogen-bond donors (Lipinski definition) is 12. The minimum absolute atomic E-state index is 0.133. The zero-order valence-corrected chi connectivity index (χ0v) is 63.9. The average molecular weight is 1570 g/mol. The van der Waals surface area contributed by atoms with Crippen molar-refractivity contribution in [2.45, 2.75) is 105 Å². The first-order valence-electron chi connectivity index (χ1n) is 36.5. The van der Waals surface area contributed by atoms with E-state index in [1.165, 1.54) is 13.8 Å². The van der Waals surface area contributed by atoms with Gasteiger partial charge in [0.2, 0.25) is 47.3 Å². The summed E-state index contributed by atoms with van der Waals surface area (Å²) in [4.78, 5) is 170. The fourth-order valence-corrected chi connectivity index (χ4v) is 13.0. The molecule has 1 aliphatic carbocycles. The molecule has 0 bridgehead atoms. The maximum atomic E-state index is 14.6. The first-order valence-corrected chi connectivity index (χ1v) is 36.5. The van der Waals surface area contributed by atoms with Crippen LogP contribution in [0.1, 0.15) is 90.0 Å². The maximum Gasteiger partial charge on any atom is 0.407 e. The quantitative estimate of drug-likeness (QED) is 0.0153. The van der Waals surface area contributed by atoms with E-state index < -0.39 is 176 Å². The SMILES string of the molecule is COC(=O)CNC(=O)C(NC(=O)C(CC(=O)OC)NC(=O)C(CC(=O)NC(c1ccccc1)(c1ccccc1)c1ccccc1)NC(=O)OCC1c2ccccc2-c2ccccc21)C(C)O.COC(=O)CNC(=O)C(NC(=O)C(CC(=O)OC)NC(=O)C(N)CC(=O)NC(c1ccccc1)(c1ccccc1)c1ccccc1)C(C)O. The number of hydrogen-bond acceptors (Lipinski definition) is 21. The van der Waals surface area contributed by atoms with E-state index in [1.54, 1.807) is 0 Å². The van der Waals surface area contributed by atoms with Crippen LogP contribution >= 0.6 is 0 Å². The number of ether oxygens (including phenoxy) is 5. The topological polar surface area (TPSA) is 443 Å². The summed E-state index contributed by atoms with van der Waals surface area (Å²) in [5.74, 6) is -11.1. The normalized spacial score (nSPS) is 13.5. The van der Waals surface area contributed by atoms with Gasteiger partial charge in [-0.2, -0.15) is 0 Å². The number of benzene rings is 8. The van der Waals surface area contributed by atoms with E-state index in [-0.39, 0.29) is 12.5 Å². The lowest BCUT2D eigenvalue weighted by molar-refractivity contribution is -0.145. The molecule has 0 fully saturated rings. The van der Waals surface area contributed by atoms with Gasteiger partial charge in [-0.15, -0.1) is 0 Å². The van der Waals surface area contributed by atoms with Crippen LogP contribution in [-0.4, -0.2) is 184 Å². The molecular weight excluding hydrogens is 1480 g/mol. The third-order valence-electron chi connectivity index (χ3n) is 18.8. The molecule has 8 aromatic rings. The second-order valence-corrected chi connectivity index (χ2v) is 26.6. The summed E-state index contributed by atoms with van der Waals surface area (Å²) in [7, 11) is 4.35. The molecule has 0 aliphatic heterocycles. The summed E-state index contributed by atoms with van der Waals surface area (Å²) in [5.41, 5.74) is 11.8. The highest BCUT2D eigenvalue weighted by molar-refractivity contribution is 5.99. The van der Waals surface area contributed by atoms with Crippen molar-refractivity contribution in [2.75, 3.05) is 48.1 Å². The molecule has 8 unspecified atom stereocenters. The number of rotatable bonds is 35. The number of nitrogens with one attached hydrogen (secondary N) is 9. The Morgan fingerprint density at radius 1 is 0.357 bits per heavy atom. The standard InChI is InChI=1S/C50H51N5O11.C35H41N5O9/c1-31(56)45(48(62)51-29-44(59)65-3)54-47(61)41(28-43(58)64-2)52-46(60)40(53-49(63)66-30-39-37-25-15-13-23-35(37)36-24-14-16-26-38(36)39)27-42(57)55-50(32-17-7-4-8-18-32,33-19-9-5-10-20-33)34-21-11-6-12-22-34;1-22(41)31(34(47)37-21-30(44)49-3)39-33(46)27(20-29(43)48-2)38-32(45)26(36)19-28(42)40-35(23-13-7-4-8-14-23,24-15-9-5-10-16-24)25-17-11-6-12-18-25/h4-26,31,39-41,45,56H,27-30H2,1-3H3,(H,51,62)(H,52,60)(H,53,63)(H,54,61)(H,55,57);4-18,22,26-27,31,41H,19-21,36H2,1-3H3,(H,37,47)(H,38,45)(H,39,46)(H,40,42). The molecule has 0 heterocycles.